The summed E-state index contributed by atoms with van der Waals surface area (Å²) in [6.45, 7) is 10.5. The van der Waals surface area contributed by atoms with Crippen LogP contribution in [0.15, 0.2) is 0 Å². The lowest BCUT2D eigenvalue weighted by Crippen LogP contribution is -2.54. The van der Waals surface area contributed by atoms with Crippen molar-refractivity contribution >= 4 is 34.5 Å². The van der Waals surface area contributed by atoms with E-state index in [4.69, 9.17) is 14.2 Å². The van der Waals surface area contributed by atoms with Gasteiger partial charge in [0.15, 0.2) is 12.4 Å². The predicted octanol–water partition coefficient (Wildman–Crippen LogP) is 2.44. The fourth-order valence-corrected chi connectivity index (χ4v) is 2.62. The number of hydrogen-bond donors (Lipinski definition) is 1. The Bertz CT molecular complexity index is 437. The topological polar surface area (TPSA) is 82.1 Å². The Labute approximate surface area is 151 Å². The summed E-state index contributed by atoms with van der Waals surface area (Å²) in [5.41, 5.74) is -1.36. The molecular weight excluding hydrogens is 415 g/mol. The third kappa shape index (κ3) is 5.86. The number of alkyl halides is 1. The standard InChI is InChI=1S/C16H27IO6/c1-15(2,3)13(19)22-9-7-11(18)21-10(8-17)12(9)23-14(20)16(4,5)6/h9-12,18H,7-8H2,1-6H3/t9-,10-,11?,12+/m1/s1. The first-order valence-electron chi connectivity index (χ1n) is 7.68. The van der Waals surface area contributed by atoms with Crippen LogP contribution < -0.4 is 0 Å². The molecule has 4 atom stereocenters. The van der Waals surface area contributed by atoms with E-state index in [-0.39, 0.29) is 6.42 Å². The van der Waals surface area contributed by atoms with Crippen LogP contribution in [0.3, 0.4) is 0 Å². The maximum absolute atomic E-state index is 12.2. The van der Waals surface area contributed by atoms with Gasteiger partial charge in [-0.3, -0.25) is 9.59 Å². The highest BCUT2D eigenvalue weighted by atomic mass is 127. The number of hydrogen-bond acceptors (Lipinski definition) is 6. The highest BCUT2D eigenvalue weighted by Crippen LogP contribution is 2.30. The summed E-state index contributed by atoms with van der Waals surface area (Å²) in [4.78, 5) is 24.4. The number of aliphatic hydroxyl groups is 1. The van der Waals surface area contributed by atoms with Crippen molar-refractivity contribution in [3.8, 4) is 0 Å². The van der Waals surface area contributed by atoms with E-state index < -0.39 is 47.4 Å². The Morgan fingerprint density at radius 1 is 1.09 bits per heavy atom. The molecule has 1 unspecified atom stereocenters. The van der Waals surface area contributed by atoms with E-state index in [1.807, 2.05) is 0 Å². The first kappa shape index (κ1) is 20.6. The van der Waals surface area contributed by atoms with Crippen LogP contribution in [0.1, 0.15) is 48.0 Å². The first-order chi connectivity index (χ1) is 10.4. The quantitative estimate of drug-likeness (QED) is 0.411. The number of ether oxygens (including phenoxy) is 3. The number of rotatable bonds is 3. The van der Waals surface area contributed by atoms with Gasteiger partial charge in [0.1, 0.15) is 12.2 Å². The van der Waals surface area contributed by atoms with Gasteiger partial charge in [-0.25, -0.2) is 0 Å². The molecule has 0 aromatic carbocycles. The van der Waals surface area contributed by atoms with Crippen molar-refractivity contribution in [2.45, 2.75) is 72.6 Å². The van der Waals surface area contributed by atoms with Crippen molar-refractivity contribution in [3.63, 3.8) is 0 Å². The molecule has 7 heteroatoms. The zero-order chi connectivity index (χ0) is 18.0. The lowest BCUT2D eigenvalue weighted by Gasteiger charge is -2.40. The van der Waals surface area contributed by atoms with Crippen molar-refractivity contribution in [3.05, 3.63) is 0 Å². The Morgan fingerprint density at radius 2 is 1.57 bits per heavy atom. The van der Waals surface area contributed by atoms with Crippen LogP contribution in [0.5, 0.6) is 0 Å². The highest BCUT2D eigenvalue weighted by Gasteiger charge is 2.44. The summed E-state index contributed by atoms with van der Waals surface area (Å²) in [6, 6.07) is 0. The lowest BCUT2D eigenvalue weighted by molar-refractivity contribution is -0.244. The van der Waals surface area contributed by atoms with Gasteiger partial charge in [0.05, 0.1) is 10.8 Å². The number of halogens is 1. The Kier molecular flexibility index (Phi) is 6.86. The number of aliphatic hydroxyl groups excluding tert-OH is 1. The van der Waals surface area contributed by atoms with Crippen LogP contribution in [0.25, 0.3) is 0 Å². The monoisotopic (exact) mass is 442 g/mol. The summed E-state index contributed by atoms with van der Waals surface area (Å²) < 4.78 is 17.0. The molecule has 0 spiro atoms. The van der Waals surface area contributed by atoms with Crippen LogP contribution in [0.4, 0.5) is 0 Å². The van der Waals surface area contributed by atoms with Crippen molar-refractivity contribution < 1.29 is 28.9 Å². The summed E-state index contributed by atoms with van der Waals surface area (Å²) in [7, 11) is 0. The molecule has 1 rings (SSSR count). The SMILES string of the molecule is CC(C)(C)C(=O)O[C@H]1[C@H](OC(=O)C(C)(C)C)CC(O)O[C@@H]1CI. The van der Waals surface area contributed by atoms with Crippen molar-refractivity contribution in [2.24, 2.45) is 10.8 Å². The molecule has 1 N–H and O–H groups in total. The Morgan fingerprint density at radius 3 is 2.00 bits per heavy atom. The molecule has 6 nitrogen and oxygen atoms in total. The fraction of sp³-hybridized carbons (Fsp3) is 0.875. The molecule has 1 saturated heterocycles. The second-order valence-corrected chi connectivity index (χ2v) is 8.71. The van der Waals surface area contributed by atoms with Gasteiger partial charge < -0.3 is 19.3 Å². The summed E-state index contributed by atoms with van der Waals surface area (Å²) in [5, 5.41) is 9.85. The van der Waals surface area contributed by atoms with Gasteiger partial charge in [0.2, 0.25) is 0 Å². The molecule has 0 aromatic rings. The Hall–Kier alpha value is -0.410. The van der Waals surface area contributed by atoms with Gasteiger partial charge in [-0.1, -0.05) is 22.6 Å². The number of carbonyl (C=O) groups is 2. The van der Waals surface area contributed by atoms with Gasteiger partial charge in [0, 0.05) is 10.8 Å². The second kappa shape index (κ2) is 7.65. The first-order valence-corrected chi connectivity index (χ1v) is 9.20. The van der Waals surface area contributed by atoms with E-state index in [0.717, 1.165) is 0 Å². The van der Waals surface area contributed by atoms with Gasteiger partial charge in [-0.2, -0.15) is 0 Å². The molecule has 0 amide bonds. The van der Waals surface area contributed by atoms with Crippen molar-refractivity contribution in [2.75, 3.05) is 4.43 Å². The van der Waals surface area contributed by atoms with Crippen LogP contribution >= 0.6 is 22.6 Å². The van der Waals surface area contributed by atoms with E-state index in [1.54, 1.807) is 41.5 Å². The molecule has 0 saturated carbocycles. The highest BCUT2D eigenvalue weighted by molar-refractivity contribution is 14.1. The molecule has 1 fully saturated rings. The fourth-order valence-electron chi connectivity index (χ4n) is 1.91. The minimum absolute atomic E-state index is 0.0804. The summed E-state index contributed by atoms with van der Waals surface area (Å²) in [6.07, 6.45) is -2.94. The van der Waals surface area contributed by atoms with Crippen LogP contribution in [-0.4, -0.2) is 46.1 Å². The normalized spacial score (nSPS) is 29.0. The molecule has 0 aromatic heterocycles. The molecule has 23 heavy (non-hydrogen) atoms. The van der Waals surface area contributed by atoms with Gasteiger partial charge in [-0.05, 0) is 41.5 Å². The largest absolute Gasteiger partial charge is 0.458 e. The van der Waals surface area contributed by atoms with Crippen LogP contribution in [0, 0.1) is 10.8 Å². The second-order valence-electron chi connectivity index (χ2n) is 7.83. The van der Waals surface area contributed by atoms with Crippen molar-refractivity contribution in [1.82, 2.24) is 0 Å². The van der Waals surface area contributed by atoms with E-state index in [2.05, 4.69) is 22.6 Å². The molecule has 1 heterocycles. The molecule has 1 aliphatic heterocycles. The molecular formula is C16H27IO6. The smallest absolute Gasteiger partial charge is 0.311 e. The maximum atomic E-state index is 12.2. The summed E-state index contributed by atoms with van der Waals surface area (Å²) in [5.74, 6) is -0.797. The van der Waals surface area contributed by atoms with E-state index in [1.165, 1.54) is 0 Å². The van der Waals surface area contributed by atoms with Crippen LogP contribution in [0.2, 0.25) is 0 Å². The number of esters is 2. The Balaban J connectivity index is 2.96. The van der Waals surface area contributed by atoms with E-state index >= 15 is 0 Å². The maximum Gasteiger partial charge on any atom is 0.311 e. The van der Waals surface area contributed by atoms with Gasteiger partial charge in [-0.15, -0.1) is 0 Å². The summed E-state index contributed by atoms with van der Waals surface area (Å²) >= 11 is 2.09. The third-order valence-corrected chi connectivity index (χ3v) is 4.25. The predicted molar refractivity (Wildman–Crippen MR) is 93.1 cm³/mol. The zero-order valence-corrected chi connectivity index (χ0v) is 16.7. The average Bonchev–Trinajstić information content (AvgIpc) is 2.38. The molecule has 0 bridgehead atoms. The minimum atomic E-state index is -1.04. The molecule has 0 radical (unpaired) electrons. The molecule has 134 valence electrons. The van der Waals surface area contributed by atoms with Gasteiger partial charge in [0.25, 0.3) is 0 Å². The van der Waals surface area contributed by atoms with E-state index in [9.17, 15) is 14.7 Å². The lowest BCUT2D eigenvalue weighted by atomic mass is 9.95. The molecule has 0 aliphatic carbocycles. The van der Waals surface area contributed by atoms with Crippen LogP contribution in [-0.2, 0) is 23.8 Å². The van der Waals surface area contributed by atoms with Gasteiger partial charge >= 0.3 is 11.9 Å². The number of carbonyl (C=O) groups excluding carboxylic acids is 2. The molecule has 1 aliphatic rings. The average molecular weight is 442 g/mol. The third-order valence-electron chi connectivity index (χ3n) is 3.38. The zero-order valence-electron chi connectivity index (χ0n) is 14.6. The van der Waals surface area contributed by atoms with E-state index in [0.29, 0.717) is 4.43 Å². The van der Waals surface area contributed by atoms with Crippen molar-refractivity contribution in [1.29, 1.82) is 0 Å². The minimum Gasteiger partial charge on any atom is -0.458 e.